The van der Waals surface area contributed by atoms with Crippen LogP contribution in [0.4, 0.5) is 0 Å². The molecule has 7 nitrogen and oxygen atoms in total. The van der Waals surface area contributed by atoms with Gasteiger partial charge in [0.05, 0.1) is 25.2 Å². The number of ether oxygens (including phenoxy) is 2. The maximum absolute atomic E-state index is 12.9. The number of benzene rings is 2. The van der Waals surface area contributed by atoms with Crippen LogP contribution in [0.3, 0.4) is 0 Å². The largest absolute Gasteiger partial charge is 0.478 e. The zero-order valence-corrected chi connectivity index (χ0v) is 17.2. The number of allylic oxidation sites excluding steroid dienone is 2. The first-order chi connectivity index (χ1) is 15.0. The number of rotatable bonds is 5. The van der Waals surface area contributed by atoms with Gasteiger partial charge in [-0.15, -0.1) is 0 Å². The van der Waals surface area contributed by atoms with E-state index >= 15 is 0 Å². The molecule has 0 spiro atoms. The van der Waals surface area contributed by atoms with Crippen LogP contribution in [0, 0.1) is 23.7 Å². The maximum Gasteiger partial charge on any atom is 0.346 e. The van der Waals surface area contributed by atoms with Crippen molar-refractivity contribution in [3.8, 4) is 5.75 Å². The van der Waals surface area contributed by atoms with Gasteiger partial charge in [-0.25, -0.2) is 4.79 Å². The summed E-state index contributed by atoms with van der Waals surface area (Å²) >= 11 is 0. The summed E-state index contributed by atoms with van der Waals surface area (Å²) < 4.78 is 10.6. The lowest BCUT2D eigenvalue weighted by atomic mass is 9.85. The summed E-state index contributed by atoms with van der Waals surface area (Å²) in [5.74, 6) is -0.918. The van der Waals surface area contributed by atoms with Gasteiger partial charge in [-0.05, 0) is 42.0 Å². The monoisotopic (exact) mass is 418 g/mol. The van der Waals surface area contributed by atoms with Crippen LogP contribution in [0.25, 0.3) is 10.8 Å². The molecule has 0 radical (unpaired) electrons. The molecule has 2 aliphatic carbocycles. The molecule has 2 aromatic carbocycles. The SMILES string of the molecule is COC(=O)[C@@H](C)Oc1ccc2ccccc2c1C=NN1C(=O)[C@@H]2[C@H](C1=O)[C@H]1C=C[C@H]2C1. The fraction of sp³-hybridized carbons (Fsp3) is 0.333. The van der Waals surface area contributed by atoms with E-state index in [1.54, 1.807) is 13.0 Å². The summed E-state index contributed by atoms with van der Waals surface area (Å²) in [6.07, 6.45) is 5.63. The second kappa shape index (κ2) is 7.34. The van der Waals surface area contributed by atoms with Gasteiger partial charge in [-0.2, -0.15) is 10.1 Å². The number of fused-ring (bicyclic) bond motifs is 6. The number of amides is 2. The van der Waals surface area contributed by atoms with Crippen LogP contribution in [0.2, 0.25) is 0 Å². The van der Waals surface area contributed by atoms with Crippen molar-refractivity contribution in [2.45, 2.75) is 19.4 Å². The minimum absolute atomic E-state index is 0.129. The molecule has 1 saturated carbocycles. The number of esters is 1. The second-order valence-electron chi connectivity index (χ2n) is 8.21. The molecule has 0 N–H and O–H groups in total. The Bertz CT molecular complexity index is 1120. The zero-order valence-electron chi connectivity index (χ0n) is 17.2. The maximum atomic E-state index is 12.9. The highest BCUT2D eigenvalue weighted by Gasteiger charge is 2.59. The molecule has 2 fully saturated rings. The van der Waals surface area contributed by atoms with Gasteiger partial charge in [0.2, 0.25) is 0 Å². The highest BCUT2D eigenvalue weighted by molar-refractivity contribution is 6.08. The zero-order chi connectivity index (χ0) is 21.7. The van der Waals surface area contributed by atoms with Crippen LogP contribution in [0.15, 0.2) is 53.7 Å². The summed E-state index contributed by atoms with van der Waals surface area (Å²) in [5, 5.41) is 7.09. The third-order valence-electron chi connectivity index (χ3n) is 6.52. The number of hydrazone groups is 1. The highest BCUT2D eigenvalue weighted by Crippen LogP contribution is 2.52. The standard InChI is InChI=1S/C24H22N2O5/c1-13(24(29)30-2)31-19-10-9-14-5-3-4-6-17(14)18(19)12-25-26-22(27)20-15-7-8-16(11-15)21(20)23(26)28/h3-10,12-13,15-16,20-21H,11H2,1-2H3/t13-,15+,16+,20-,21+/m1/s1. The Morgan fingerprint density at radius 2 is 1.77 bits per heavy atom. The molecule has 2 bridgehead atoms. The molecule has 5 atom stereocenters. The molecule has 1 saturated heterocycles. The summed E-state index contributed by atoms with van der Waals surface area (Å²) in [5.41, 5.74) is 0.590. The average molecular weight is 418 g/mol. The molecular formula is C24H22N2O5. The van der Waals surface area contributed by atoms with Crippen LogP contribution in [0.5, 0.6) is 5.75 Å². The molecule has 1 heterocycles. The number of carbonyl (C=O) groups is 3. The topological polar surface area (TPSA) is 85.3 Å². The van der Waals surface area contributed by atoms with Crippen molar-refractivity contribution in [2.24, 2.45) is 28.8 Å². The molecule has 1 aliphatic heterocycles. The third-order valence-corrected chi connectivity index (χ3v) is 6.52. The van der Waals surface area contributed by atoms with Crippen molar-refractivity contribution in [3.05, 3.63) is 54.1 Å². The Hall–Kier alpha value is -3.48. The van der Waals surface area contributed by atoms with E-state index in [2.05, 4.69) is 17.3 Å². The van der Waals surface area contributed by atoms with Gasteiger partial charge >= 0.3 is 5.97 Å². The predicted octanol–water partition coefficient (Wildman–Crippen LogP) is 2.92. The normalized spacial score (nSPS) is 27.4. The van der Waals surface area contributed by atoms with Gasteiger partial charge in [-0.1, -0.05) is 42.5 Å². The Labute approximate surface area is 179 Å². The lowest BCUT2D eigenvalue weighted by Gasteiger charge is -2.16. The van der Waals surface area contributed by atoms with Crippen molar-refractivity contribution in [1.29, 1.82) is 0 Å². The van der Waals surface area contributed by atoms with Crippen LogP contribution in [-0.2, 0) is 19.1 Å². The van der Waals surface area contributed by atoms with Crippen LogP contribution in [0.1, 0.15) is 18.9 Å². The molecule has 2 amide bonds. The van der Waals surface area contributed by atoms with E-state index in [0.29, 0.717) is 11.3 Å². The fourth-order valence-corrected chi connectivity index (χ4v) is 5.03. The van der Waals surface area contributed by atoms with Crippen molar-refractivity contribution >= 4 is 34.8 Å². The molecule has 158 valence electrons. The smallest absolute Gasteiger partial charge is 0.346 e. The van der Waals surface area contributed by atoms with Gasteiger partial charge in [0.25, 0.3) is 11.8 Å². The van der Waals surface area contributed by atoms with Crippen LogP contribution in [-0.4, -0.2) is 42.2 Å². The summed E-state index contributed by atoms with van der Waals surface area (Å²) in [4.78, 5) is 37.7. The van der Waals surface area contributed by atoms with Gasteiger partial charge < -0.3 is 9.47 Å². The molecule has 7 heteroatoms. The van der Waals surface area contributed by atoms with Crippen molar-refractivity contribution in [3.63, 3.8) is 0 Å². The Morgan fingerprint density at radius 1 is 1.10 bits per heavy atom. The van der Waals surface area contributed by atoms with E-state index in [-0.39, 0.29) is 35.5 Å². The van der Waals surface area contributed by atoms with Crippen molar-refractivity contribution < 1.29 is 23.9 Å². The van der Waals surface area contributed by atoms with E-state index < -0.39 is 12.1 Å². The lowest BCUT2D eigenvalue weighted by Crippen LogP contribution is -2.28. The Balaban J connectivity index is 1.50. The Morgan fingerprint density at radius 3 is 2.45 bits per heavy atom. The summed E-state index contributed by atoms with van der Waals surface area (Å²) in [6, 6.07) is 11.3. The molecule has 0 aromatic heterocycles. The number of imide groups is 1. The number of hydrogen-bond acceptors (Lipinski definition) is 6. The number of hydrogen-bond donors (Lipinski definition) is 0. The first-order valence-corrected chi connectivity index (χ1v) is 10.4. The highest BCUT2D eigenvalue weighted by atomic mass is 16.6. The Kier molecular flexibility index (Phi) is 4.61. The fourth-order valence-electron chi connectivity index (χ4n) is 5.03. The van der Waals surface area contributed by atoms with E-state index in [1.165, 1.54) is 13.3 Å². The van der Waals surface area contributed by atoms with Gasteiger partial charge in [0.1, 0.15) is 5.75 Å². The first kappa shape index (κ1) is 19.5. The third kappa shape index (κ3) is 3.03. The molecule has 31 heavy (non-hydrogen) atoms. The minimum Gasteiger partial charge on any atom is -0.478 e. The number of methoxy groups -OCH3 is 1. The summed E-state index contributed by atoms with van der Waals surface area (Å²) in [6.45, 7) is 1.60. The predicted molar refractivity (Wildman–Crippen MR) is 113 cm³/mol. The van der Waals surface area contributed by atoms with Crippen molar-refractivity contribution in [2.75, 3.05) is 7.11 Å². The molecule has 0 unspecified atom stereocenters. The number of carbonyl (C=O) groups excluding carboxylic acids is 3. The summed E-state index contributed by atoms with van der Waals surface area (Å²) in [7, 11) is 1.30. The van der Waals surface area contributed by atoms with Crippen LogP contribution < -0.4 is 4.74 Å². The van der Waals surface area contributed by atoms with Crippen LogP contribution >= 0.6 is 0 Å². The van der Waals surface area contributed by atoms with Gasteiger partial charge in [0, 0.05) is 5.56 Å². The van der Waals surface area contributed by atoms with Crippen molar-refractivity contribution in [1.82, 2.24) is 5.01 Å². The minimum atomic E-state index is -0.825. The molecule has 5 rings (SSSR count). The van der Waals surface area contributed by atoms with E-state index in [9.17, 15) is 14.4 Å². The quantitative estimate of drug-likeness (QED) is 0.323. The molecular weight excluding hydrogens is 396 g/mol. The van der Waals surface area contributed by atoms with E-state index in [0.717, 1.165) is 22.2 Å². The van der Waals surface area contributed by atoms with E-state index in [1.807, 2.05) is 30.3 Å². The first-order valence-electron chi connectivity index (χ1n) is 10.4. The number of nitrogens with zero attached hydrogens (tertiary/aromatic N) is 2. The molecule has 2 aromatic rings. The van der Waals surface area contributed by atoms with Gasteiger partial charge in [0.15, 0.2) is 6.10 Å². The molecule has 3 aliphatic rings. The second-order valence-corrected chi connectivity index (χ2v) is 8.21. The average Bonchev–Trinajstić information content (AvgIpc) is 3.46. The van der Waals surface area contributed by atoms with Gasteiger partial charge in [-0.3, -0.25) is 9.59 Å². The lowest BCUT2D eigenvalue weighted by molar-refractivity contribution is -0.148. The van der Waals surface area contributed by atoms with E-state index in [4.69, 9.17) is 9.47 Å².